The molecule has 88 valence electrons. The maximum atomic E-state index is 10.5. The predicted molar refractivity (Wildman–Crippen MR) is 67.6 cm³/mol. The largest absolute Gasteiger partial charge is 0.413 e. The third-order valence-electron chi connectivity index (χ3n) is 3.14. The van der Waals surface area contributed by atoms with Crippen molar-refractivity contribution in [2.24, 2.45) is 0 Å². The molecule has 0 radical (unpaired) electrons. The van der Waals surface area contributed by atoms with E-state index in [2.05, 4.69) is 27.4 Å². The Bertz CT molecular complexity index is 170. The highest BCUT2D eigenvalue weighted by molar-refractivity contribution is 6.73. The van der Waals surface area contributed by atoms with Gasteiger partial charge in [0.1, 0.15) is 6.29 Å². The van der Waals surface area contributed by atoms with E-state index in [0.29, 0.717) is 6.42 Å². The maximum absolute atomic E-state index is 10.5. The second-order valence-corrected chi connectivity index (χ2v) is 8.63. The average Bonchev–Trinajstić information content (AvgIpc) is 2.27. The van der Waals surface area contributed by atoms with E-state index in [1.54, 1.807) is 0 Å². The first-order valence-corrected chi connectivity index (χ1v) is 8.43. The molecule has 0 rings (SSSR count). The lowest BCUT2D eigenvalue weighted by atomic mass is 10.2. The third-order valence-corrected chi connectivity index (χ3v) is 7.84. The van der Waals surface area contributed by atoms with Gasteiger partial charge in [0, 0.05) is 6.42 Å². The molecule has 0 amide bonds. The van der Waals surface area contributed by atoms with E-state index in [1.807, 2.05) is 6.08 Å². The molecule has 0 aliphatic rings. The molecule has 0 aliphatic carbocycles. The summed E-state index contributed by atoms with van der Waals surface area (Å²) in [7, 11) is -1.56. The van der Waals surface area contributed by atoms with E-state index < -0.39 is 8.32 Å². The molecule has 3 heteroatoms. The number of carbonyl (C=O) groups is 1. The lowest BCUT2D eigenvalue weighted by Crippen LogP contribution is -2.39. The van der Waals surface area contributed by atoms with E-state index in [0.717, 1.165) is 30.8 Å². The molecule has 0 aromatic heterocycles. The van der Waals surface area contributed by atoms with Gasteiger partial charge in [0.25, 0.3) is 0 Å². The summed E-state index contributed by atoms with van der Waals surface area (Å²) in [6.07, 6.45) is 4.14. The summed E-state index contributed by atoms with van der Waals surface area (Å²) in [6.45, 7) is 10.3. The third kappa shape index (κ3) is 4.75. The molecule has 15 heavy (non-hydrogen) atoms. The lowest BCUT2D eigenvalue weighted by molar-refractivity contribution is -0.109. The van der Waals surface area contributed by atoms with Crippen molar-refractivity contribution in [2.75, 3.05) is 0 Å². The van der Waals surface area contributed by atoms with Crippen LogP contribution in [0.1, 0.15) is 33.6 Å². The minimum atomic E-state index is -1.56. The summed E-state index contributed by atoms with van der Waals surface area (Å²) in [5.74, 6) is 0. The van der Waals surface area contributed by atoms with Crippen molar-refractivity contribution in [3.63, 3.8) is 0 Å². The molecule has 0 N–H and O–H groups in total. The van der Waals surface area contributed by atoms with Crippen LogP contribution in [0.2, 0.25) is 18.1 Å². The molecule has 0 aromatic rings. The van der Waals surface area contributed by atoms with Crippen LogP contribution in [0.5, 0.6) is 0 Å². The minimum Gasteiger partial charge on any atom is -0.413 e. The van der Waals surface area contributed by atoms with E-state index in [4.69, 9.17) is 4.43 Å². The maximum Gasteiger partial charge on any atom is 0.192 e. The number of aldehydes is 1. The molecule has 0 spiro atoms. The Kier molecular flexibility index (Phi) is 7.61. The van der Waals surface area contributed by atoms with Crippen molar-refractivity contribution in [2.45, 2.75) is 57.8 Å². The molecular formula is C12H24O2Si. The molecular weight excluding hydrogens is 204 g/mol. The first-order chi connectivity index (χ1) is 7.17. The summed E-state index contributed by atoms with van der Waals surface area (Å²) in [5.41, 5.74) is 0. The van der Waals surface area contributed by atoms with Gasteiger partial charge in [-0.2, -0.15) is 0 Å². The van der Waals surface area contributed by atoms with Crippen LogP contribution in [0.25, 0.3) is 0 Å². The van der Waals surface area contributed by atoms with E-state index in [1.165, 1.54) is 0 Å². The highest BCUT2D eigenvalue weighted by Crippen LogP contribution is 2.25. The summed E-state index contributed by atoms with van der Waals surface area (Å²) in [4.78, 5) is 10.5. The monoisotopic (exact) mass is 228 g/mol. The van der Waals surface area contributed by atoms with Crippen LogP contribution in [0, 0.1) is 0 Å². The van der Waals surface area contributed by atoms with Crippen molar-refractivity contribution >= 4 is 14.6 Å². The average molecular weight is 228 g/mol. The Morgan fingerprint density at radius 2 is 1.73 bits per heavy atom. The van der Waals surface area contributed by atoms with Gasteiger partial charge in [0.05, 0.1) is 6.10 Å². The SMILES string of the molecule is C=CC[C@H](CC=O)O[Si](CC)(CC)CC. The molecule has 0 aliphatic heterocycles. The molecule has 2 nitrogen and oxygen atoms in total. The Labute approximate surface area is 94.8 Å². The van der Waals surface area contributed by atoms with Gasteiger partial charge in [-0.1, -0.05) is 26.8 Å². The van der Waals surface area contributed by atoms with Gasteiger partial charge in [0.15, 0.2) is 8.32 Å². The number of hydrogen-bond acceptors (Lipinski definition) is 2. The van der Waals surface area contributed by atoms with Gasteiger partial charge >= 0.3 is 0 Å². The molecule has 0 bridgehead atoms. The fraction of sp³-hybridized carbons (Fsp3) is 0.750. The van der Waals surface area contributed by atoms with Crippen molar-refractivity contribution in [1.82, 2.24) is 0 Å². The first kappa shape index (κ1) is 14.6. The Hall–Kier alpha value is -0.413. The van der Waals surface area contributed by atoms with Crippen LogP contribution in [-0.4, -0.2) is 20.7 Å². The molecule has 0 aromatic carbocycles. The van der Waals surface area contributed by atoms with Crippen LogP contribution in [0.15, 0.2) is 12.7 Å². The van der Waals surface area contributed by atoms with Crippen LogP contribution in [0.4, 0.5) is 0 Å². The van der Waals surface area contributed by atoms with Gasteiger partial charge < -0.3 is 9.22 Å². The number of hydrogen-bond donors (Lipinski definition) is 0. The summed E-state index contributed by atoms with van der Waals surface area (Å²) in [6, 6.07) is 3.39. The van der Waals surface area contributed by atoms with Crippen molar-refractivity contribution in [3.8, 4) is 0 Å². The summed E-state index contributed by atoms with van der Waals surface area (Å²) >= 11 is 0. The Balaban J connectivity index is 4.43. The minimum absolute atomic E-state index is 0.0616. The quantitative estimate of drug-likeness (QED) is 0.343. The summed E-state index contributed by atoms with van der Waals surface area (Å²) in [5, 5.41) is 0. The molecule has 1 atom stereocenters. The van der Waals surface area contributed by atoms with Crippen LogP contribution in [0.3, 0.4) is 0 Å². The lowest BCUT2D eigenvalue weighted by Gasteiger charge is -2.32. The normalized spacial score (nSPS) is 13.5. The molecule has 0 saturated carbocycles. The highest BCUT2D eigenvalue weighted by Gasteiger charge is 2.31. The van der Waals surface area contributed by atoms with Crippen LogP contribution >= 0.6 is 0 Å². The zero-order chi connectivity index (χ0) is 11.7. The molecule has 0 fully saturated rings. The topological polar surface area (TPSA) is 26.3 Å². The van der Waals surface area contributed by atoms with Gasteiger partial charge in [0.2, 0.25) is 0 Å². The number of rotatable bonds is 9. The van der Waals surface area contributed by atoms with Crippen LogP contribution < -0.4 is 0 Å². The second kappa shape index (κ2) is 7.82. The van der Waals surface area contributed by atoms with E-state index in [9.17, 15) is 4.79 Å². The van der Waals surface area contributed by atoms with Gasteiger partial charge in [-0.15, -0.1) is 6.58 Å². The van der Waals surface area contributed by atoms with Crippen molar-refractivity contribution in [1.29, 1.82) is 0 Å². The van der Waals surface area contributed by atoms with Gasteiger partial charge in [-0.25, -0.2) is 0 Å². The predicted octanol–water partition coefficient (Wildman–Crippen LogP) is 3.54. The smallest absolute Gasteiger partial charge is 0.192 e. The van der Waals surface area contributed by atoms with Gasteiger partial charge in [-0.05, 0) is 24.6 Å². The highest BCUT2D eigenvalue weighted by atomic mass is 28.4. The molecule has 0 unspecified atom stereocenters. The van der Waals surface area contributed by atoms with E-state index in [-0.39, 0.29) is 6.10 Å². The fourth-order valence-electron chi connectivity index (χ4n) is 1.84. The first-order valence-electron chi connectivity index (χ1n) is 5.90. The van der Waals surface area contributed by atoms with Gasteiger partial charge in [-0.3, -0.25) is 0 Å². The number of carbonyl (C=O) groups excluding carboxylic acids is 1. The summed E-state index contributed by atoms with van der Waals surface area (Å²) < 4.78 is 6.20. The standard InChI is InChI=1S/C12H24O2Si/c1-5-9-12(10-11-13)14-15(6-2,7-3)8-4/h5,11-12H,1,6-10H2,2-4H3/t12-/m1/s1. The Morgan fingerprint density at radius 3 is 2.07 bits per heavy atom. The van der Waals surface area contributed by atoms with Crippen molar-refractivity contribution in [3.05, 3.63) is 12.7 Å². The van der Waals surface area contributed by atoms with Crippen LogP contribution in [-0.2, 0) is 9.22 Å². The second-order valence-electron chi connectivity index (χ2n) is 3.91. The zero-order valence-corrected chi connectivity index (χ0v) is 11.3. The zero-order valence-electron chi connectivity index (χ0n) is 10.3. The van der Waals surface area contributed by atoms with E-state index >= 15 is 0 Å². The fourth-order valence-corrected chi connectivity index (χ4v) is 4.74. The van der Waals surface area contributed by atoms with Crippen molar-refractivity contribution < 1.29 is 9.22 Å². The Morgan fingerprint density at radius 1 is 1.20 bits per heavy atom. The molecule has 0 heterocycles. The molecule has 0 saturated heterocycles.